The van der Waals surface area contributed by atoms with Gasteiger partial charge in [-0.1, -0.05) is 31.2 Å². The van der Waals surface area contributed by atoms with Crippen molar-refractivity contribution in [2.75, 3.05) is 26.6 Å². The summed E-state index contributed by atoms with van der Waals surface area (Å²) < 4.78 is 24.0. The average Bonchev–Trinajstić information content (AvgIpc) is 3.65. The lowest BCUT2D eigenvalue weighted by Crippen LogP contribution is -2.31. The summed E-state index contributed by atoms with van der Waals surface area (Å²) >= 11 is 0. The third-order valence-electron chi connectivity index (χ3n) is 10.6. The molecule has 0 saturated heterocycles. The van der Waals surface area contributed by atoms with Gasteiger partial charge in [0.25, 0.3) is 0 Å². The lowest BCUT2D eigenvalue weighted by Gasteiger charge is -2.39. The molecule has 0 unspecified atom stereocenters. The maximum absolute atomic E-state index is 12.1. The van der Waals surface area contributed by atoms with Crippen molar-refractivity contribution >= 4 is 11.8 Å². The van der Waals surface area contributed by atoms with E-state index in [2.05, 4.69) is 30.1 Å². The molecule has 7 rings (SSSR count). The molecule has 48 heavy (non-hydrogen) atoms. The van der Waals surface area contributed by atoms with Gasteiger partial charge in [0.15, 0.2) is 11.5 Å². The largest absolute Gasteiger partial charge is 0.508 e. The highest BCUT2D eigenvalue weighted by Crippen LogP contribution is 2.62. The molecular weight excluding hydrogens is 608 g/mol. The van der Waals surface area contributed by atoms with Gasteiger partial charge in [-0.2, -0.15) is 0 Å². The van der Waals surface area contributed by atoms with E-state index in [4.69, 9.17) is 24.7 Å². The highest BCUT2D eigenvalue weighted by Gasteiger charge is 2.50. The Morgan fingerprint density at radius 1 is 1.08 bits per heavy atom. The van der Waals surface area contributed by atoms with E-state index in [-0.39, 0.29) is 35.4 Å². The number of nitrogens with two attached hydrogens (primary N) is 1. The first-order chi connectivity index (χ1) is 23.1. The summed E-state index contributed by atoms with van der Waals surface area (Å²) in [6.07, 6.45) is 6.78. The molecule has 4 atom stereocenters. The number of phenols is 2. The number of anilines is 1. The van der Waals surface area contributed by atoms with E-state index in [0.717, 1.165) is 83.2 Å². The molecule has 2 heterocycles. The van der Waals surface area contributed by atoms with Crippen LogP contribution < -0.4 is 19.9 Å². The molecule has 9 nitrogen and oxygen atoms in total. The van der Waals surface area contributed by atoms with Crippen LogP contribution >= 0.6 is 0 Å². The SMILES string of the molecule is CCc1cc(C[C@@H]2CC[C@@]3(Cc4cc(O)cc(OC)c4-c4ccc5c(c43)O[C@H](c3ccc(O)c(OC)c3)[C@H]5COC(C)=O)C2)cnc1N. The summed E-state index contributed by atoms with van der Waals surface area (Å²) in [7, 11) is 3.14. The summed E-state index contributed by atoms with van der Waals surface area (Å²) in [5.41, 5.74) is 14.1. The Hall–Kier alpha value is -4.92. The topological polar surface area (TPSA) is 133 Å². The first-order valence-electron chi connectivity index (χ1n) is 16.6. The lowest BCUT2D eigenvalue weighted by molar-refractivity contribution is -0.141. The van der Waals surface area contributed by atoms with E-state index >= 15 is 0 Å². The van der Waals surface area contributed by atoms with Gasteiger partial charge < -0.3 is 34.9 Å². The third-order valence-corrected chi connectivity index (χ3v) is 10.6. The number of nitrogen functional groups attached to an aromatic ring is 1. The van der Waals surface area contributed by atoms with Crippen LogP contribution in [-0.2, 0) is 34.2 Å². The lowest BCUT2D eigenvalue weighted by atomic mass is 9.65. The molecule has 1 spiro atoms. The van der Waals surface area contributed by atoms with Gasteiger partial charge in [0.05, 0.1) is 20.1 Å². The molecule has 3 aromatic carbocycles. The number of ether oxygens (including phenoxy) is 4. The van der Waals surface area contributed by atoms with E-state index in [1.54, 1.807) is 25.3 Å². The molecule has 1 aromatic heterocycles. The van der Waals surface area contributed by atoms with Crippen LogP contribution in [0.25, 0.3) is 11.1 Å². The molecule has 1 aliphatic heterocycles. The molecule has 0 bridgehead atoms. The van der Waals surface area contributed by atoms with Crippen molar-refractivity contribution in [3.8, 4) is 39.9 Å². The number of aryl methyl sites for hydroxylation is 1. The van der Waals surface area contributed by atoms with Gasteiger partial charge in [0.2, 0.25) is 0 Å². The van der Waals surface area contributed by atoms with Gasteiger partial charge in [-0.05, 0) is 90.5 Å². The molecule has 1 saturated carbocycles. The molecule has 9 heteroatoms. The van der Waals surface area contributed by atoms with Crippen molar-refractivity contribution in [1.29, 1.82) is 0 Å². The van der Waals surface area contributed by atoms with E-state index in [9.17, 15) is 15.0 Å². The zero-order valence-corrected chi connectivity index (χ0v) is 27.8. The summed E-state index contributed by atoms with van der Waals surface area (Å²) in [5, 5.41) is 21.1. The van der Waals surface area contributed by atoms with Crippen LogP contribution in [0.4, 0.5) is 5.82 Å². The molecule has 4 N–H and O–H groups in total. The fourth-order valence-corrected chi connectivity index (χ4v) is 8.49. The first-order valence-corrected chi connectivity index (χ1v) is 16.6. The number of methoxy groups -OCH3 is 2. The predicted molar refractivity (Wildman–Crippen MR) is 182 cm³/mol. The number of nitrogens with zero attached hydrogens (tertiary/aromatic N) is 1. The van der Waals surface area contributed by atoms with Crippen molar-refractivity contribution in [3.05, 3.63) is 88.1 Å². The minimum atomic E-state index is -0.481. The van der Waals surface area contributed by atoms with Crippen molar-refractivity contribution in [2.24, 2.45) is 5.92 Å². The number of benzene rings is 3. The molecule has 0 radical (unpaired) electrons. The van der Waals surface area contributed by atoms with E-state index < -0.39 is 6.10 Å². The number of rotatable bonds is 8. The number of hydrogen-bond acceptors (Lipinski definition) is 9. The van der Waals surface area contributed by atoms with Crippen molar-refractivity contribution < 1.29 is 34.0 Å². The van der Waals surface area contributed by atoms with Gasteiger partial charge in [0.1, 0.15) is 35.8 Å². The van der Waals surface area contributed by atoms with Crippen molar-refractivity contribution in [1.82, 2.24) is 4.98 Å². The molecule has 2 aliphatic carbocycles. The second-order valence-corrected chi connectivity index (χ2v) is 13.5. The highest BCUT2D eigenvalue weighted by molar-refractivity contribution is 5.84. The van der Waals surface area contributed by atoms with Gasteiger partial charge in [-0.15, -0.1) is 0 Å². The number of esters is 1. The number of aromatic hydroxyl groups is 2. The Bertz CT molecular complexity index is 1910. The van der Waals surface area contributed by atoms with Gasteiger partial charge in [0, 0.05) is 41.3 Å². The molecule has 0 amide bonds. The van der Waals surface area contributed by atoms with Crippen LogP contribution in [0.3, 0.4) is 0 Å². The minimum Gasteiger partial charge on any atom is -0.508 e. The quantitative estimate of drug-likeness (QED) is 0.174. The number of phenolic OH excluding ortho intramolecular Hbond substituents is 2. The summed E-state index contributed by atoms with van der Waals surface area (Å²) in [6, 6.07) is 15.2. The molecule has 3 aliphatic rings. The standard InChI is InChI=1S/C39H42N2O7/c1-5-24-13-23(19-41-38(24)40)12-22-10-11-39(17-22)18-26-14-27(43)16-33(46-4)34(26)29-8-7-28-30(20-47-21(2)42)36(48-37(28)35(29)39)25-6-9-31(44)32(15-25)45-3/h6-9,13-16,19,22,30,36,43-44H,5,10-12,17-18,20H2,1-4H3,(H2,40,41)/t22-,30-,36+,39-/m0/s1. The Morgan fingerprint density at radius 3 is 2.65 bits per heavy atom. The van der Waals surface area contributed by atoms with Gasteiger partial charge in [-0.3, -0.25) is 4.79 Å². The monoisotopic (exact) mass is 650 g/mol. The maximum Gasteiger partial charge on any atom is 0.302 e. The third kappa shape index (κ3) is 5.35. The number of hydrogen-bond donors (Lipinski definition) is 3. The number of aromatic nitrogens is 1. The van der Waals surface area contributed by atoms with Crippen molar-refractivity contribution in [3.63, 3.8) is 0 Å². The van der Waals surface area contributed by atoms with Crippen LogP contribution in [0.1, 0.15) is 78.5 Å². The van der Waals surface area contributed by atoms with Gasteiger partial charge in [-0.25, -0.2) is 4.98 Å². The van der Waals surface area contributed by atoms with E-state index in [0.29, 0.717) is 23.2 Å². The Labute approximate surface area is 280 Å². The summed E-state index contributed by atoms with van der Waals surface area (Å²) in [4.78, 5) is 16.5. The second-order valence-electron chi connectivity index (χ2n) is 13.5. The Morgan fingerprint density at radius 2 is 1.90 bits per heavy atom. The fraction of sp³-hybridized carbons (Fsp3) is 0.385. The van der Waals surface area contributed by atoms with Crippen LogP contribution in [0.5, 0.6) is 28.7 Å². The smallest absolute Gasteiger partial charge is 0.302 e. The zero-order valence-electron chi connectivity index (χ0n) is 27.8. The van der Waals surface area contributed by atoms with Crippen molar-refractivity contribution in [2.45, 2.75) is 69.8 Å². The second kappa shape index (κ2) is 12.3. The summed E-state index contributed by atoms with van der Waals surface area (Å²) in [5.74, 6) is 2.34. The molecular formula is C39H42N2O7. The average molecular weight is 651 g/mol. The molecule has 4 aromatic rings. The predicted octanol–water partition coefficient (Wildman–Crippen LogP) is 6.94. The van der Waals surface area contributed by atoms with Crippen LogP contribution in [-0.4, -0.2) is 42.0 Å². The highest BCUT2D eigenvalue weighted by atomic mass is 16.5. The molecule has 250 valence electrons. The van der Waals surface area contributed by atoms with Crippen LogP contribution in [0, 0.1) is 5.92 Å². The molecule has 1 fully saturated rings. The fourth-order valence-electron chi connectivity index (χ4n) is 8.49. The first kappa shape index (κ1) is 31.7. The number of carbonyl (C=O) groups is 1. The Kier molecular flexibility index (Phi) is 8.09. The number of fused-ring (bicyclic) bond motifs is 6. The zero-order chi connectivity index (χ0) is 33.7. The van der Waals surface area contributed by atoms with Crippen LogP contribution in [0.15, 0.2) is 54.7 Å². The number of carbonyl (C=O) groups excluding carboxylic acids is 1. The summed E-state index contributed by atoms with van der Waals surface area (Å²) in [6.45, 7) is 3.65. The maximum atomic E-state index is 12.1. The number of pyridine rings is 1. The van der Waals surface area contributed by atoms with E-state index in [1.807, 2.05) is 18.3 Å². The van der Waals surface area contributed by atoms with Crippen LogP contribution in [0.2, 0.25) is 0 Å². The minimum absolute atomic E-state index is 0.0379. The van der Waals surface area contributed by atoms with E-state index in [1.165, 1.54) is 19.6 Å². The Balaban J connectivity index is 1.36. The van der Waals surface area contributed by atoms with Gasteiger partial charge >= 0.3 is 5.97 Å². The normalized spacial score (nSPS) is 22.0.